The molecule has 0 spiro atoms. The first-order chi connectivity index (χ1) is 8.05. The fraction of sp³-hybridized carbons (Fsp3) is 0.615. The van der Waals surface area contributed by atoms with Crippen LogP contribution in [0.25, 0.3) is 0 Å². The summed E-state index contributed by atoms with van der Waals surface area (Å²) < 4.78 is 0. The summed E-state index contributed by atoms with van der Waals surface area (Å²) in [4.78, 5) is 6.63. The molecule has 1 N–H and O–H groups in total. The summed E-state index contributed by atoms with van der Waals surface area (Å²) >= 11 is 5.87. The molecular formula is C13H19ClN2O. The molecule has 17 heavy (non-hydrogen) atoms. The zero-order valence-electron chi connectivity index (χ0n) is 10.2. The first kappa shape index (κ1) is 12.8. The molecule has 1 saturated heterocycles. The van der Waals surface area contributed by atoms with Crippen LogP contribution in [0.15, 0.2) is 18.2 Å². The number of aromatic nitrogens is 1. The second-order valence-corrected chi connectivity index (χ2v) is 5.47. The molecule has 0 amide bonds. The van der Waals surface area contributed by atoms with Crippen molar-refractivity contribution >= 4 is 11.6 Å². The van der Waals surface area contributed by atoms with Gasteiger partial charge in [-0.25, -0.2) is 4.98 Å². The van der Waals surface area contributed by atoms with Gasteiger partial charge in [0.15, 0.2) is 0 Å². The number of rotatable bonds is 2. The number of aliphatic hydroxyl groups is 1. The van der Waals surface area contributed by atoms with Crippen LogP contribution in [-0.4, -0.2) is 33.7 Å². The summed E-state index contributed by atoms with van der Waals surface area (Å²) in [5, 5.41) is 10.6. The highest BCUT2D eigenvalue weighted by Crippen LogP contribution is 2.22. The van der Waals surface area contributed by atoms with E-state index >= 15 is 0 Å². The van der Waals surface area contributed by atoms with Gasteiger partial charge in [0.25, 0.3) is 0 Å². The van der Waals surface area contributed by atoms with Gasteiger partial charge >= 0.3 is 0 Å². The fourth-order valence-corrected chi connectivity index (χ4v) is 2.43. The molecule has 1 aliphatic rings. The Balaban J connectivity index is 1.95. The summed E-state index contributed by atoms with van der Waals surface area (Å²) in [5.41, 5.74) is 0.496. The van der Waals surface area contributed by atoms with E-state index < -0.39 is 5.60 Å². The minimum Gasteiger partial charge on any atom is -0.390 e. The second-order valence-electron chi connectivity index (χ2n) is 5.08. The molecule has 0 aliphatic carbocycles. The van der Waals surface area contributed by atoms with Crippen molar-refractivity contribution in [3.8, 4) is 0 Å². The molecule has 0 radical (unpaired) electrons. The second kappa shape index (κ2) is 5.34. The van der Waals surface area contributed by atoms with Crippen molar-refractivity contribution < 1.29 is 5.11 Å². The lowest BCUT2D eigenvalue weighted by Gasteiger charge is -2.22. The Labute approximate surface area is 107 Å². The third kappa shape index (κ3) is 3.95. The normalized spacial score (nSPS) is 26.8. The fourth-order valence-electron chi connectivity index (χ4n) is 2.24. The zero-order valence-corrected chi connectivity index (χ0v) is 11.0. The van der Waals surface area contributed by atoms with E-state index in [1.807, 2.05) is 19.1 Å². The van der Waals surface area contributed by atoms with Gasteiger partial charge in [-0.2, -0.15) is 0 Å². The summed E-state index contributed by atoms with van der Waals surface area (Å²) in [6.45, 7) is 4.68. The van der Waals surface area contributed by atoms with Crippen LogP contribution in [0.2, 0.25) is 5.15 Å². The molecule has 4 heteroatoms. The lowest BCUT2D eigenvalue weighted by atomic mass is 9.98. The van der Waals surface area contributed by atoms with Crippen LogP contribution >= 0.6 is 11.6 Å². The van der Waals surface area contributed by atoms with Crippen LogP contribution in [0, 0.1) is 0 Å². The molecule has 1 aliphatic heterocycles. The van der Waals surface area contributed by atoms with Gasteiger partial charge in [-0.3, -0.25) is 4.90 Å². The van der Waals surface area contributed by atoms with E-state index in [4.69, 9.17) is 11.6 Å². The van der Waals surface area contributed by atoms with Gasteiger partial charge in [0.1, 0.15) is 5.15 Å². The summed E-state index contributed by atoms with van der Waals surface area (Å²) in [5.74, 6) is 0. The van der Waals surface area contributed by atoms with Crippen molar-refractivity contribution in [2.75, 3.05) is 13.1 Å². The van der Waals surface area contributed by atoms with Gasteiger partial charge in [0.2, 0.25) is 0 Å². The highest BCUT2D eigenvalue weighted by atomic mass is 35.5. The minimum atomic E-state index is -0.503. The lowest BCUT2D eigenvalue weighted by Crippen LogP contribution is -2.28. The first-order valence-corrected chi connectivity index (χ1v) is 6.49. The maximum Gasteiger partial charge on any atom is 0.129 e. The average Bonchev–Trinajstić information content (AvgIpc) is 2.41. The van der Waals surface area contributed by atoms with Crippen molar-refractivity contribution in [2.24, 2.45) is 0 Å². The lowest BCUT2D eigenvalue weighted by molar-refractivity contribution is 0.0444. The SMILES string of the molecule is CC1(O)CCCN(Cc2cccc(Cl)n2)CC1. The average molecular weight is 255 g/mol. The van der Waals surface area contributed by atoms with E-state index in [-0.39, 0.29) is 0 Å². The Hall–Kier alpha value is -0.640. The van der Waals surface area contributed by atoms with Crippen LogP contribution in [0.1, 0.15) is 31.9 Å². The van der Waals surface area contributed by atoms with Gasteiger partial charge in [-0.15, -0.1) is 0 Å². The topological polar surface area (TPSA) is 36.4 Å². The molecule has 1 fully saturated rings. The van der Waals surface area contributed by atoms with Crippen molar-refractivity contribution in [3.05, 3.63) is 29.0 Å². The number of nitrogens with zero attached hydrogens (tertiary/aromatic N) is 2. The van der Waals surface area contributed by atoms with Crippen molar-refractivity contribution in [2.45, 2.75) is 38.3 Å². The molecule has 0 saturated carbocycles. The van der Waals surface area contributed by atoms with Gasteiger partial charge in [-0.1, -0.05) is 17.7 Å². The summed E-state index contributed by atoms with van der Waals surface area (Å²) in [7, 11) is 0. The molecule has 1 aromatic heterocycles. The summed E-state index contributed by atoms with van der Waals surface area (Å²) in [6, 6.07) is 5.71. The molecule has 2 rings (SSSR count). The molecule has 94 valence electrons. The quantitative estimate of drug-likeness (QED) is 0.824. The predicted molar refractivity (Wildman–Crippen MR) is 69.0 cm³/mol. The Morgan fingerprint density at radius 2 is 2.24 bits per heavy atom. The first-order valence-electron chi connectivity index (χ1n) is 6.11. The number of pyridine rings is 1. The molecule has 2 heterocycles. The van der Waals surface area contributed by atoms with E-state index in [2.05, 4.69) is 9.88 Å². The van der Waals surface area contributed by atoms with Gasteiger partial charge in [-0.05, 0) is 44.9 Å². The van der Waals surface area contributed by atoms with Crippen LogP contribution in [0.5, 0.6) is 0 Å². The molecule has 1 unspecified atom stereocenters. The zero-order chi connectivity index (χ0) is 12.3. The van der Waals surface area contributed by atoms with Crippen LogP contribution in [0.3, 0.4) is 0 Å². The Morgan fingerprint density at radius 1 is 1.41 bits per heavy atom. The standard InChI is InChI=1S/C13H19ClN2O/c1-13(17)6-3-8-16(9-7-13)10-11-4-2-5-12(14)15-11/h2,4-5,17H,3,6-10H2,1H3. The number of halogens is 1. The molecule has 1 aromatic rings. The smallest absolute Gasteiger partial charge is 0.129 e. The van der Waals surface area contributed by atoms with Gasteiger partial charge in [0.05, 0.1) is 11.3 Å². The number of hydrogen-bond donors (Lipinski definition) is 1. The minimum absolute atomic E-state index is 0.503. The van der Waals surface area contributed by atoms with E-state index in [0.717, 1.165) is 44.6 Å². The highest BCUT2D eigenvalue weighted by molar-refractivity contribution is 6.29. The molecule has 0 aromatic carbocycles. The molecule has 3 nitrogen and oxygen atoms in total. The molecular weight excluding hydrogens is 236 g/mol. The van der Waals surface area contributed by atoms with E-state index in [1.165, 1.54) is 0 Å². The maximum atomic E-state index is 10.0. The van der Waals surface area contributed by atoms with E-state index in [1.54, 1.807) is 6.07 Å². The Morgan fingerprint density at radius 3 is 3.00 bits per heavy atom. The third-order valence-corrected chi connectivity index (χ3v) is 3.53. The van der Waals surface area contributed by atoms with Crippen molar-refractivity contribution in [3.63, 3.8) is 0 Å². The number of likely N-dealkylation sites (tertiary alicyclic amines) is 1. The third-order valence-electron chi connectivity index (χ3n) is 3.31. The van der Waals surface area contributed by atoms with Gasteiger partial charge in [0, 0.05) is 13.1 Å². The number of hydrogen-bond acceptors (Lipinski definition) is 3. The van der Waals surface area contributed by atoms with Gasteiger partial charge < -0.3 is 5.11 Å². The Bertz CT molecular complexity index is 381. The molecule has 1 atom stereocenters. The predicted octanol–water partition coefficient (Wildman–Crippen LogP) is 2.47. The van der Waals surface area contributed by atoms with Crippen molar-refractivity contribution in [1.82, 2.24) is 9.88 Å². The van der Waals surface area contributed by atoms with Crippen molar-refractivity contribution in [1.29, 1.82) is 0 Å². The van der Waals surface area contributed by atoms with Crippen LogP contribution < -0.4 is 0 Å². The molecule has 0 bridgehead atoms. The van der Waals surface area contributed by atoms with E-state index in [9.17, 15) is 5.11 Å². The largest absolute Gasteiger partial charge is 0.390 e. The van der Waals surface area contributed by atoms with E-state index in [0.29, 0.717) is 5.15 Å². The van der Waals surface area contributed by atoms with Crippen LogP contribution in [0.4, 0.5) is 0 Å². The maximum absolute atomic E-state index is 10.0. The Kier molecular flexibility index (Phi) is 4.02. The van der Waals surface area contributed by atoms with Crippen LogP contribution in [-0.2, 0) is 6.54 Å². The highest BCUT2D eigenvalue weighted by Gasteiger charge is 2.24. The summed E-state index contributed by atoms with van der Waals surface area (Å²) in [6.07, 6.45) is 2.74. The monoisotopic (exact) mass is 254 g/mol.